The summed E-state index contributed by atoms with van der Waals surface area (Å²) in [6.45, 7) is 6.03. The molecule has 2 heterocycles. The van der Waals surface area contributed by atoms with Crippen LogP contribution in [0.5, 0.6) is 11.5 Å². The Morgan fingerprint density at radius 1 is 0.923 bits per heavy atom. The summed E-state index contributed by atoms with van der Waals surface area (Å²) in [5, 5.41) is 2.34. The molecule has 1 unspecified atom stereocenters. The molecule has 8 heteroatoms. The maximum absolute atomic E-state index is 13.0. The lowest BCUT2D eigenvalue weighted by Gasteiger charge is -2.29. The van der Waals surface area contributed by atoms with E-state index in [0.717, 1.165) is 36.5 Å². The average Bonchev–Trinajstić information content (AvgIpc) is 3.29. The maximum atomic E-state index is 13.0. The molecule has 202 valence electrons. The second kappa shape index (κ2) is 12.1. The van der Waals surface area contributed by atoms with E-state index in [1.807, 2.05) is 36.4 Å². The Labute approximate surface area is 228 Å². The van der Waals surface area contributed by atoms with Gasteiger partial charge in [-0.15, -0.1) is 0 Å². The molecule has 5 rings (SSSR count). The predicted octanol–water partition coefficient (Wildman–Crippen LogP) is 3.93. The van der Waals surface area contributed by atoms with Gasteiger partial charge in [-0.25, -0.2) is 0 Å². The van der Waals surface area contributed by atoms with Crippen LogP contribution in [-0.4, -0.2) is 53.3 Å². The minimum atomic E-state index is -0.643. The number of nitrogens with one attached hydrogen (secondary N) is 1. The quantitative estimate of drug-likeness (QED) is 0.380. The highest BCUT2D eigenvalue weighted by molar-refractivity contribution is 6.05. The molecule has 39 heavy (non-hydrogen) atoms. The van der Waals surface area contributed by atoms with E-state index >= 15 is 0 Å². The summed E-state index contributed by atoms with van der Waals surface area (Å²) in [7, 11) is 0. The standard InChI is InChI=1S/C31H33N3O5/c1-2-33(17-18-38-24-7-4-3-5-8-24)19-22-11-13-23(14-12-22)21-39-28-10-6-9-25-26(28)20-34(31(25)37)27-15-16-29(35)32-30(27)36/h3-14,27H,2,15-21H2,1H3,(H,32,35,36). The van der Waals surface area contributed by atoms with Gasteiger partial charge < -0.3 is 14.4 Å². The third-order valence-corrected chi connectivity index (χ3v) is 7.23. The Bertz CT molecular complexity index is 1330. The lowest BCUT2D eigenvalue weighted by molar-refractivity contribution is -0.136. The fourth-order valence-corrected chi connectivity index (χ4v) is 5.01. The Kier molecular flexibility index (Phi) is 8.22. The zero-order chi connectivity index (χ0) is 27.2. The van der Waals surface area contributed by atoms with E-state index < -0.39 is 11.9 Å². The molecule has 1 atom stereocenters. The van der Waals surface area contributed by atoms with Crippen molar-refractivity contribution in [2.24, 2.45) is 0 Å². The smallest absolute Gasteiger partial charge is 0.255 e. The van der Waals surface area contributed by atoms with E-state index in [2.05, 4.69) is 41.4 Å². The Morgan fingerprint density at radius 3 is 2.44 bits per heavy atom. The van der Waals surface area contributed by atoms with Crippen LogP contribution in [0.2, 0.25) is 0 Å². The zero-order valence-corrected chi connectivity index (χ0v) is 22.1. The van der Waals surface area contributed by atoms with E-state index in [4.69, 9.17) is 9.47 Å². The van der Waals surface area contributed by atoms with E-state index in [1.165, 1.54) is 5.56 Å². The summed E-state index contributed by atoms with van der Waals surface area (Å²) in [6.07, 6.45) is 0.565. The number of imide groups is 1. The first-order chi connectivity index (χ1) is 19.0. The first kappa shape index (κ1) is 26.4. The molecule has 3 aromatic carbocycles. The van der Waals surface area contributed by atoms with Crippen molar-refractivity contribution in [3.05, 3.63) is 95.1 Å². The summed E-state index contributed by atoms with van der Waals surface area (Å²) < 4.78 is 12.0. The average molecular weight is 528 g/mol. The van der Waals surface area contributed by atoms with Crippen LogP contribution in [0.4, 0.5) is 0 Å². The summed E-state index contributed by atoms with van der Waals surface area (Å²) >= 11 is 0. The number of amides is 3. The van der Waals surface area contributed by atoms with E-state index in [0.29, 0.717) is 30.9 Å². The number of ether oxygens (including phenoxy) is 2. The van der Waals surface area contributed by atoms with Gasteiger partial charge in [0.15, 0.2) is 0 Å². The minimum absolute atomic E-state index is 0.205. The molecule has 3 aromatic rings. The number of fused-ring (bicyclic) bond motifs is 1. The van der Waals surface area contributed by atoms with Crippen LogP contribution < -0.4 is 14.8 Å². The topological polar surface area (TPSA) is 88.2 Å². The van der Waals surface area contributed by atoms with Gasteiger partial charge in [-0.3, -0.25) is 24.6 Å². The summed E-state index contributed by atoms with van der Waals surface area (Å²) in [6, 6.07) is 23.0. The number of piperidine rings is 1. The number of para-hydroxylation sites is 1. The van der Waals surface area contributed by atoms with Gasteiger partial charge in [0.05, 0.1) is 6.54 Å². The molecule has 0 aromatic heterocycles. The molecule has 2 aliphatic heterocycles. The lowest BCUT2D eigenvalue weighted by Crippen LogP contribution is -2.52. The third kappa shape index (κ3) is 6.29. The molecule has 0 aliphatic carbocycles. The minimum Gasteiger partial charge on any atom is -0.492 e. The van der Waals surface area contributed by atoms with Crippen molar-refractivity contribution in [3.63, 3.8) is 0 Å². The van der Waals surface area contributed by atoms with Gasteiger partial charge in [0.25, 0.3) is 5.91 Å². The van der Waals surface area contributed by atoms with E-state index in [-0.39, 0.29) is 24.8 Å². The van der Waals surface area contributed by atoms with Crippen molar-refractivity contribution >= 4 is 17.7 Å². The van der Waals surface area contributed by atoms with Crippen LogP contribution in [0.1, 0.15) is 46.8 Å². The molecular formula is C31H33N3O5. The molecule has 1 fully saturated rings. The summed E-state index contributed by atoms with van der Waals surface area (Å²) in [5.41, 5.74) is 3.56. The number of hydrogen-bond donors (Lipinski definition) is 1. The van der Waals surface area contributed by atoms with E-state index in [1.54, 1.807) is 17.0 Å². The number of nitrogens with zero attached hydrogens (tertiary/aromatic N) is 2. The van der Waals surface area contributed by atoms with Gasteiger partial charge >= 0.3 is 0 Å². The number of carbonyl (C=O) groups is 3. The van der Waals surface area contributed by atoms with Gasteiger partial charge in [-0.2, -0.15) is 0 Å². The van der Waals surface area contributed by atoms with Crippen molar-refractivity contribution < 1.29 is 23.9 Å². The number of hydrogen-bond acceptors (Lipinski definition) is 6. The Balaban J connectivity index is 1.15. The molecule has 3 amide bonds. The first-order valence-corrected chi connectivity index (χ1v) is 13.4. The van der Waals surface area contributed by atoms with Crippen LogP contribution in [0.25, 0.3) is 0 Å². The molecule has 0 spiro atoms. The van der Waals surface area contributed by atoms with Crippen LogP contribution >= 0.6 is 0 Å². The number of likely N-dealkylation sites (N-methyl/N-ethyl adjacent to an activating group) is 1. The normalized spacial score (nSPS) is 16.8. The molecule has 1 N–H and O–H groups in total. The van der Waals surface area contributed by atoms with Gasteiger partial charge in [0.2, 0.25) is 11.8 Å². The molecular weight excluding hydrogens is 494 g/mol. The lowest BCUT2D eigenvalue weighted by atomic mass is 10.0. The largest absolute Gasteiger partial charge is 0.492 e. The zero-order valence-electron chi connectivity index (χ0n) is 22.1. The second-order valence-corrected chi connectivity index (χ2v) is 9.82. The number of rotatable bonds is 11. The van der Waals surface area contributed by atoms with Gasteiger partial charge in [0, 0.05) is 30.6 Å². The fourth-order valence-electron chi connectivity index (χ4n) is 5.01. The van der Waals surface area contributed by atoms with Crippen molar-refractivity contribution in [1.29, 1.82) is 0 Å². The number of benzene rings is 3. The molecule has 2 aliphatic rings. The maximum Gasteiger partial charge on any atom is 0.255 e. The van der Waals surface area contributed by atoms with E-state index in [9.17, 15) is 14.4 Å². The van der Waals surface area contributed by atoms with Gasteiger partial charge in [-0.1, -0.05) is 55.5 Å². The van der Waals surface area contributed by atoms with Crippen molar-refractivity contribution in [3.8, 4) is 11.5 Å². The Hall–Kier alpha value is -4.17. The highest BCUT2D eigenvalue weighted by Gasteiger charge is 2.40. The summed E-state index contributed by atoms with van der Waals surface area (Å²) in [5.74, 6) is 0.601. The van der Waals surface area contributed by atoms with Crippen molar-refractivity contribution in [2.45, 2.75) is 45.5 Å². The third-order valence-electron chi connectivity index (χ3n) is 7.23. The van der Waals surface area contributed by atoms with Crippen molar-refractivity contribution in [1.82, 2.24) is 15.1 Å². The number of carbonyl (C=O) groups excluding carboxylic acids is 3. The van der Waals surface area contributed by atoms with Crippen LogP contribution in [0, 0.1) is 0 Å². The molecule has 0 saturated carbocycles. The van der Waals surface area contributed by atoms with Gasteiger partial charge in [-0.05, 0) is 48.4 Å². The molecule has 0 radical (unpaired) electrons. The first-order valence-electron chi connectivity index (χ1n) is 13.4. The molecule has 8 nitrogen and oxygen atoms in total. The van der Waals surface area contributed by atoms with Crippen LogP contribution in [-0.2, 0) is 29.3 Å². The van der Waals surface area contributed by atoms with Crippen molar-refractivity contribution in [2.75, 3.05) is 19.7 Å². The Morgan fingerprint density at radius 2 is 1.69 bits per heavy atom. The monoisotopic (exact) mass is 527 g/mol. The summed E-state index contributed by atoms with van der Waals surface area (Å²) in [4.78, 5) is 40.8. The van der Waals surface area contributed by atoms with Crippen LogP contribution in [0.15, 0.2) is 72.8 Å². The van der Waals surface area contributed by atoms with Gasteiger partial charge in [0.1, 0.15) is 30.8 Å². The highest BCUT2D eigenvalue weighted by Crippen LogP contribution is 2.34. The SMILES string of the molecule is CCN(CCOc1ccccc1)Cc1ccc(COc2cccc3c2CN(C2CCC(=O)NC2=O)C3=O)cc1. The molecule has 1 saturated heterocycles. The highest BCUT2D eigenvalue weighted by atomic mass is 16.5. The fraction of sp³-hybridized carbons (Fsp3) is 0.323. The predicted molar refractivity (Wildman–Crippen MR) is 146 cm³/mol. The second-order valence-electron chi connectivity index (χ2n) is 9.82. The van der Waals surface area contributed by atoms with Crippen LogP contribution in [0.3, 0.4) is 0 Å². The molecule has 0 bridgehead atoms.